The minimum absolute atomic E-state index is 0.0215. The Morgan fingerprint density at radius 1 is 1.38 bits per heavy atom. The summed E-state index contributed by atoms with van der Waals surface area (Å²) in [4.78, 5) is 35.0. The van der Waals surface area contributed by atoms with Crippen molar-refractivity contribution in [2.45, 2.75) is 5.92 Å². The molecule has 2 atom stereocenters. The number of rotatable bonds is 6. The van der Waals surface area contributed by atoms with Crippen molar-refractivity contribution < 1.29 is 24.4 Å². The molecular formula is C19H18N4O6. The summed E-state index contributed by atoms with van der Waals surface area (Å²) >= 11 is 0. The molecular weight excluding hydrogens is 380 g/mol. The fourth-order valence-electron chi connectivity index (χ4n) is 3.14. The molecule has 0 radical (unpaired) electrons. The molecule has 2 aromatic carbocycles. The van der Waals surface area contributed by atoms with Crippen LogP contribution in [-0.2, 0) is 9.59 Å². The van der Waals surface area contributed by atoms with Crippen LogP contribution in [-0.4, -0.2) is 41.7 Å². The van der Waals surface area contributed by atoms with E-state index in [4.69, 9.17) is 4.74 Å². The van der Waals surface area contributed by atoms with Gasteiger partial charge in [-0.1, -0.05) is 30.3 Å². The van der Waals surface area contributed by atoms with Gasteiger partial charge in [0.15, 0.2) is 11.5 Å². The van der Waals surface area contributed by atoms with Crippen molar-refractivity contribution in [1.29, 1.82) is 0 Å². The van der Waals surface area contributed by atoms with E-state index in [9.17, 15) is 24.8 Å². The Labute approximate surface area is 165 Å². The van der Waals surface area contributed by atoms with E-state index in [1.807, 2.05) is 30.3 Å². The predicted octanol–water partition coefficient (Wildman–Crippen LogP) is 1.29. The number of nitro groups is 1. The van der Waals surface area contributed by atoms with Crippen molar-refractivity contribution in [3.63, 3.8) is 0 Å². The van der Waals surface area contributed by atoms with E-state index in [0.29, 0.717) is 6.54 Å². The molecule has 10 nitrogen and oxygen atoms in total. The smallest absolute Gasteiger partial charge is 0.274 e. The van der Waals surface area contributed by atoms with Crippen LogP contribution >= 0.6 is 0 Å². The molecule has 0 aromatic heterocycles. The van der Waals surface area contributed by atoms with Gasteiger partial charge in [0.25, 0.3) is 11.6 Å². The molecule has 3 rings (SSSR count). The van der Waals surface area contributed by atoms with Crippen LogP contribution in [0, 0.1) is 16.0 Å². The van der Waals surface area contributed by atoms with Crippen molar-refractivity contribution in [2.75, 3.05) is 13.7 Å². The molecule has 29 heavy (non-hydrogen) atoms. The number of amides is 2. The number of benzene rings is 2. The molecule has 0 bridgehead atoms. The van der Waals surface area contributed by atoms with E-state index in [1.165, 1.54) is 7.11 Å². The number of aromatic hydroxyl groups is 1. The lowest BCUT2D eigenvalue weighted by molar-refractivity contribution is -0.385. The number of hydrogen-bond acceptors (Lipinski definition) is 7. The van der Waals surface area contributed by atoms with Crippen LogP contribution in [0.5, 0.6) is 11.5 Å². The van der Waals surface area contributed by atoms with Gasteiger partial charge in [-0.25, -0.2) is 5.43 Å². The first-order valence-corrected chi connectivity index (χ1v) is 8.63. The highest BCUT2D eigenvalue weighted by molar-refractivity contribution is 6.03. The van der Waals surface area contributed by atoms with Crippen LogP contribution in [0.2, 0.25) is 0 Å². The lowest BCUT2D eigenvalue weighted by atomic mass is 9.88. The van der Waals surface area contributed by atoms with Gasteiger partial charge in [0.1, 0.15) is 5.92 Å². The molecule has 0 saturated carbocycles. The summed E-state index contributed by atoms with van der Waals surface area (Å²) in [5.74, 6) is -2.82. The molecule has 3 N–H and O–H groups in total. The molecule has 1 aliphatic rings. The van der Waals surface area contributed by atoms with Gasteiger partial charge in [-0.2, -0.15) is 5.10 Å². The van der Waals surface area contributed by atoms with Crippen LogP contribution in [0.15, 0.2) is 47.6 Å². The van der Waals surface area contributed by atoms with Gasteiger partial charge >= 0.3 is 0 Å². The summed E-state index contributed by atoms with van der Waals surface area (Å²) in [5, 5.41) is 27.5. The first kappa shape index (κ1) is 19.8. The zero-order chi connectivity index (χ0) is 21.0. The van der Waals surface area contributed by atoms with E-state index >= 15 is 0 Å². The summed E-state index contributed by atoms with van der Waals surface area (Å²) in [5.41, 5.74) is 2.77. The summed E-state index contributed by atoms with van der Waals surface area (Å²) in [7, 11) is 1.25. The number of nitro benzene ring substituents is 1. The monoisotopic (exact) mass is 398 g/mol. The lowest BCUT2D eigenvalue weighted by Crippen LogP contribution is -2.34. The summed E-state index contributed by atoms with van der Waals surface area (Å²) in [6, 6.07) is 11.3. The molecule has 2 aromatic rings. The first-order valence-electron chi connectivity index (χ1n) is 8.63. The minimum Gasteiger partial charge on any atom is -0.504 e. The maximum Gasteiger partial charge on any atom is 0.274 e. The standard InChI is InChI=1S/C19H18N4O6/c1-29-15-8-13(23(27)28)7-12(17(15)24)9-21-22-19(26)16-14(10-20-18(16)25)11-5-3-2-4-6-11/h2-9,14,16,24H,10H2,1H3,(H,20,25)(H,22,26)/b21-9+/t14-,16+/m0/s1. The van der Waals surface area contributed by atoms with Crippen LogP contribution < -0.4 is 15.5 Å². The second-order valence-corrected chi connectivity index (χ2v) is 6.32. The number of nitrogens with one attached hydrogen (secondary N) is 2. The number of hydrazone groups is 1. The van der Waals surface area contributed by atoms with E-state index in [0.717, 1.165) is 23.9 Å². The van der Waals surface area contributed by atoms with E-state index in [-0.39, 0.29) is 28.7 Å². The highest BCUT2D eigenvalue weighted by Crippen LogP contribution is 2.33. The fraction of sp³-hybridized carbons (Fsp3) is 0.211. The Balaban J connectivity index is 1.78. The topological polar surface area (TPSA) is 143 Å². The summed E-state index contributed by atoms with van der Waals surface area (Å²) in [6.45, 7) is 0.327. The zero-order valence-corrected chi connectivity index (χ0v) is 15.4. The third-order valence-corrected chi connectivity index (χ3v) is 4.59. The van der Waals surface area contributed by atoms with E-state index < -0.39 is 22.7 Å². The van der Waals surface area contributed by atoms with Crippen molar-refractivity contribution in [1.82, 2.24) is 10.7 Å². The van der Waals surface area contributed by atoms with E-state index in [1.54, 1.807) is 0 Å². The third-order valence-electron chi connectivity index (χ3n) is 4.59. The first-order chi connectivity index (χ1) is 13.9. The maximum atomic E-state index is 12.5. The average molecular weight is 398 g/mol. The van der Waals surface area contributed by atoms with Crippen LogP contribution in [0.3, 0.4) is 0 Å². The number of hydrogen-bond donors (Lipinski definition) is 3. The van der Waals surface area contributed by atoms with Gasteiger partial charge in [0.05, 0.1) is 24.3 Å². The minimum atomic E-state index is -0.970. The Bertz CT molecular complexity index is 976. The highest BCUT2D eigenvalue weighted by Gasteiger charge is 2.40. The second kappa shape index (κ2) is 8.38. The molecule has 1 saturated heterocycles. The number of phenolic OH excluding ortho intramolecular Hbond substituents is 1. The third kappa shape index (κ3) is 4.15. The van der Waals surface area contributed by atoms with Gasteiger partial charge < -0.3 is 15.2 Å². The molecule has 0 unspecified atom stereocenters. The van der Waals surface area contributed by atoms with Gasteiger partial charge in [-0.3, -0.25) is 19.7 Å². The van der Waals surface area contributed by atoms with Gasteiger partial charge in [0.2, 0.25) is 5.91 Å². The average Bonchev–Trinajstić information content (AvgIpc) is 3.11. The summed E-state index contributed by atoms with van der Waals surface area (Å²) in [6.07, 6.45) is 1.05. The largest absolute Gasteiger partial charge is 0.504 e. The summed E-state index contributed by atoms with van der Waals surface area (Å²) < 4.78 is 4.91. The van der Waals surface area contributed by atoms with Crippen LogP contribution in [0.4, 0.5) is 5.69 Å². The Kier molecular flexibility index (Phi) is 5.72. The molecule has 1 fully saturated rings. The van der Waals surface area contributed by atoms with Crippen LogP contribution in [0.25, 0.3) is 0 Å². The SMILES string of the molecule is COc1cc([N+](=O)[O-])cc(/C=N/NC(=O)[C@H]2C(=O)NC[C@H]2c2ccccc2)c1O. The van der Waals surface area contributed by atoms with Crippen molar-refractivity contribution in [2.24, 2.45) is 11.0 Å². The molecule has 0 spiro atoms. The fourth-order valence-corrected chi connectivity index (χ4v) is 3.14. The maximum absolute atomic E-state index is 12.5. The highest BCUT2D eigenvalue weighted by atomic mass is 16.6. The van der Waals surface area contributed by atoms with Crippen molar-refractivity contribution in [3.8, 4) is 11.5 Å². The Morgan fingerprint density at radius 2 is 2.10 bits per heavy atom. The van der Waals surface area contributed by atoms with Crippen molar-refractivity contribution >= 4 is 23.7 Å². The molecule has 0 aliphatic carbocycles. The molecule has 1 heterocycles. The zero-order valence-electron chi connectivity index (χ0n) is 15.4. The second-order valence-electron chi connectivity index (χ2n) is 6.32. The molecule has 10 heteroatoms. The number of methoxy groups -OCH3 is 1. The van der Waals surface area contributed by atoms with Gasteiger partial charge in [-0.05, 0) is 5.56 Å². The molecule has 2 amide bonds. The van der Waals surface area contributed by atoms with E-state index in [2.05, 4.69) is 15.8 Å². The number of carbonyl (C=O) groups excluding carboxylic acids is 2. The molecule has 150 valence electrons. The van der Waals surface area contributed by atoms with Crippen molar-refractivity contribution in [3.05, 3.63) is 63.7 Å². The number of nitrogens with zero attached hydrogens (tertiary/aromatic N) is 2. The van der Waals surface area contributed by atoms with Gasteiger partial charge in [0, 0.05) is 24.1 Å². The number of phenols is 1. The quantitative estimate of drug-likeness (QED) is 0.290. The number of non-ortho nitro benzene ring substituents is 1. The van der Waals surface area contributed by atoms with Gasteiger partial charge in [-0.15, -0.1) is 0 Å². The van der Waals surface area contributed by atoms with Crippen LogP contribution in [0.1, 0.15) is 17.0 Å². The normalized spacial score (nSPS) is 18.4. The number of carbonyl (C=O) groups is 2. The Hall–Kier alpha value is -3.95. The molecule has 1 aliphatic heterocycles. The Morgan fingerprint density at radius 3 is 2.76 bits per heavy atom. The number of ether oxygens (including phenoxy) is 1. The lowest BCUT2D eigenvalue weighted by Gasteiger charge is -2.15. The predicted molar refractivity (Wildman–Crippen MR) is 103 cm³/mol.